The zero-order chi connectivity index (χ0) is 15.8. The fourth-order valence-electron chi connectivity index (χ4n) is 2.71. The van der Waals surface area contributed by atoms with Gasteiger partial charge in [-0.3, -0.25) is 4.79 Å². The molecule has 0 bridgehead atoms. The Bertz CT molecular complexity index is 560. The second-order valence-electron chi connectivity index (χ2n) is 5.98. The maximum absolute atomic E-state index is 14.0. The summed E-state index contributed by atoms with van der Waals surface area (Å²) in [4.78, 5) is 11.3. The van der Waals surface area contributed by atoms with Gasteiger partial charge in [-0.15, -0.1) is 0 Å². The number of nitrogen functional groups attached to an aromatic ring is 1. The van der Waals surface area contributed by atoms with Crippen LogP contribution < -0.4 is 16.8 Å². The Morgan fingerprint density at radius 2 is 2.19 bits per heavy atom. The van der Waals surface area contributed by atoms with Crippen molar-refractivity contribution in [1.29, 1.82) is 0 Å². The summed E-state index contributed by atoms with van der Waals surface area (Å²) < 4.78 is 19.6. The Morgan fingerprint density at radius 3 is 2.71 bits per heavy atom. The van der Waals surface area contributed by atoms with Crippen molar-refractivity contribution in [2.75, 3.05) is 17.7 Å². The molecule has 5 N–H and O–H groups in total. The predicted octanol–water partition coefficient (Wildman–Crippen LogP) is 2.12. The first kappa shape index (κ1) is 15.6. The van der Waals surface area contributed by atoms with Gasteiger partial charge in [0.2, 0.25) is 0 Å². The lowest BCUT2D eigenvalue weighted by Crippen LogP contribution is -2.58. The second-order valence-corrected chi connectivity index (χ2v) is 5.98. The minimum atomic E-state index is -0.671. The van der Waals surface area contributed by atoms with Crippen LogP contribution in [-0.4, -0.2) is 24.7 Å². The first-order valence-corrected chi connectivity index (χ1v) is 7.04. The van der Waals surface area contributed by atoms with E-state index in [9.17, 15) is 9.18 Å². The summed E-state index contributed by atoms with van der Waals surface area (Å²) in [6, 6.07) is 2.55. The number of carbonyl (C=O) groups is 1. The van der Waals surface area contributed by atoms with E-state index in [-0.39, 0.29) is 34.5 Å². The van der Waals surface area contributed by atoms with E-state index < -0.39 is 11.7 Å². The SMILES string of the molecule is CCOC1CC(Nc2cc(C(N)=O)c(N)cc2F)C1(C)C. The van der Waals surface area contributed by atoms with Crippen molar-refractivity contribution in [1.82, 2.24) is 0 Å². The van der Waals surface area contributed by atoms with Gasteiger partial charge in [0.15, 0.2) is 0 Å². The molecule has 1 aliphatic rings. The Morgan fingerprint density at radius 1 is 1.52 bits per heavy atom. The quantitative estimate of drug-likeness (QED) is 0.726. The van der Waals surface area contributed by atoms with Gasteiger partial charge in [-0.05, 0) is 25.5 Å². The Kier molecular flexibility index (Phi) is 4.09. The van der Waals surface area contributed by atoms with Gasteiger partial charge < -0.3 is 21.5 Å². The lowest BCUT2D eigenvalue weighted by atomic mass is 9.64. The van der Waals surface area contributed by atoms with Gasteiger partial charge in [-0.1, -0.05) is 13.8 Å². The molecule has 2 rings (SSSR count). The molecule has 1 saturated carbocycles. The summed E-state index contributed by atoms with van der Waals surface area (Å²) >= 11 is 0. The van der Waals surface area contributed by atoms with Crippen molar-refractivity contribution in [3.05, 3.63) is 23.5 Å². The van der Waals surface area contributed by atoms with Crippen molar-refractivity contribution in [3.63, 3.8) is 0 Å². The lowest BCUT2D eigenvalue weighted by Gasteiger charge is -2.52. The highest BCUT2D eigenvalue weighted by Gasteiger charge is 2.49. The third kappa shape index (κ3) is 2.81. The van der Waals surface area contributed by atoms with E-state index in [0.717, 1.165) is 12.5 Å². The first-order valence-electron chi connectivity index (χ1n) is 7.04. The number of carbonyl (C=O) groups excluding carboxylic acids is 1. The van der Waals surface area contributed by atoms with Crippen LogP contribution in [0.3, 0.4) is 0 Å². The number of amides is 1. The molecule has 1 aromatic rings. The molecule has 2 unspecified atom stereocenters. The van der Waals surface area contributed by atoms with Crippen molar-refractivity contribution in [2.45, 2.75) is 39.3 Å². The number of ether oxygens (including phenoxy) is 1. The van der Waals surface area contributed by atoms with E-state index in [1.807, 2.05) is 6.92 Å². The van der Waals surface area contributed by atoms with Gasteiger partial charge in [-0.25, -0.2) is 4.39 Å². The number of benzene rings is 1. The second kappa shape index (κ2) is 5.52. The van der Waals surface area contributed by atoms with E-state index >= 15 is 0 Å². The number of anilines is 2. The highest BCUT2D eigenvalue weighted by Crippen LogP contribution is 2.44. The van der Waals surface area contributed by atoms with E-state index in [1.54, 1.807) is 0 Å². The van der Waals surface area contributed by atoms with Gasteiger partial charge in [0.05, 0.1) is 17.4 Å². The van der Waals surface area contributed by atoms with Crippen LogP contribution in [0.25, 0.3) is 0 Å². The first-order chi connectivity index (χ1) is 9.77. The molecule has 6 heteroatoms. The van der Waals surface area contributed by atoms with Gasteiger partial charge in [0.1, 0.15) is 5.82 Å². The third-order valence-electron chi connectivity index (χ3n) is 4.28. The molecular weight excluding hydrogens is 273 g/mol. The monoisotopic (exact) mass is 295 g/mol. The lowest BCUT2D eigenvalue weighted by molar-refractivity contribution is -0.0976. The molecule has 0 spiro atoms. The van der Waals surface area contributed by atoms with Crippen LogP contribution in [0.4, 0.5) is 15.8 Å². The van der Waals surface area contributed by atoms with Crippen LogP contribution in [0.15, 0.2) is 12.1 Å². The molecule has 116 valence electrons. The van der Waals surface area contributed by atoms with Crippen molar-refractivity contribution in [2.24, 2.45) is 11.1 Å². The topological polar surface area (TPSA) is 90.4 Å². The average molecular weight is 295 g/mol. The Labute approximate surface area is 123 Å². The molecule has 21 heavy (non-hydrogen) atoms. The maximum Gasteiger partial charge on any atom is 0.250 e. The summed E-state index contributed by atoms with van der Waals surface area (Å²) in [5.74, 6) is -1.16. The summed E-state index contributed by atoms with van der Waals surface area (Å²) in [6.45, 7) is 6.75. The molecule has 1 fully saturated rings. The average Bonchev–Trinajstić information content (AvgIpc) is 2.39. The maximum atomic E-state index is 14.0. The number of rotatable bonds is 5. The van der Waals surface area contributed by atoms with E-state index in [4.69, 9.17) is 16.2 Å². The molecule has 2 atom stereocenters. The van der Waals surface area contributed by atoms with Crippen LogP contribution >= 0.6 is 0 Å². The largest absolute Gasteiger partial charge is 0.398 e. The van der Waals surface area contributed by atoms with Crippen LogP contribution in [-0.2, 0) is 4.74 Å². The third-order valence-corrected chi connectivity index (χ3v) is 4.28. The smallest absolute Gasteiger partial charge is 0.250 e. The number of halogens is 1. The Balaban J connectivity index is 2.18. The van der Waals surface area contributed by atoms with E-state index in [2.05, 4.69) is 19.2 Å². The van der Waals surface area contributed by atoms with Gasteiger partial charge in [0.25, 0.3) is 5.91 Å². The molecule has 0 saturated heterocycles. The number of nitrogens with one attached hydrogen (secondary N) is 1. The Hall–Kier alpha value is -1.82. The van der Waals surface area contributed by atoms with Crippen molar-refractivity contribution < 1.29 is 13.9 Å². The highest BCUT2D eigenvalue weighted by molar-refractivity contribution is 5.99. The number of primary amides is 1. The fraction of sp³-hybridized carbons (Fsp3) is 0.533. The number of hydrogen-bond donors (Lipinski definition) is 3. The fourth-order valence-corrected chi connectivity index (χ4v) is 2.71. The molecule has 0 radical (unpaired) electrons. The summed E-state index contributed by atoms with van der Waals surface area (Å²) in [5, 5.41) is 3.13. The minimum absolute atomic E-state index is 0.0469. The molecule has 0 heterocycles. The van der Waals surface area contributed by atoms with Gasteiger partial charge in [0, 0.05) is 23.8 Å². The van der Waals surface area contributed by atoms with E-state index in [1.165, 1.54) is 6.07 Å². The predicted molar refractivity (Wildman–Crippen MR) is 80.6 cm³/mol. The zero-order valence-electron chi connectivity index (χ0n) is 12.6. The molecule has 5 nitrogen and oxygen atoms in total. The zero-order valence-corrected chi connectivity index (χ0v) is 12.6. The number of nitrogens with two attached hydrogens (primary N) is 2. The molecule has 1 aliphatic carbocycles. The van der Waals surface area contributed by atoms with Crippen molar-refractivity contribution >= 4 is 17.3 Å². The molecule has 0 aromatic heterocycles. The summed E-state index contributed by atoms with van der Waals surface area (Å²) in [7, 11) is 0. The molecule has 1 aromatic carbocycles. The molecule has 1 amide bonds. The molecular formula is C15H22FN3O2. The number of hydrogen-bond acceptors (Lipinski definition) is 4. The van der Waals surface area contributed by atoms with E-state index in [0.29, 0.717) is 6.61 Å². The summed E-state index contributed by atoms with van der Waals surface area (Å²) in [6.07, 6.45) is 0.934. The summed E-state index contributed by atoms with van der Waals surface area (Å²) in [5.41, 5.74) is 11.1. The van der Waals surface area contributed by atoms with Crippen LogP contribution in [0.5, 0.6) is 0 Å². The minimum Gasteiger partial charge on any atom is -0.398 e. The normalized spacial score (nSPS) is 23.4. The van der Waals surface area contributed by atoms with Crippen LogP contribution in [0.2, 0.25) is 0 Å². The van der Waals surface area contributed by atoms with Crippen LogP contribution in [0.1, 0.15) is 37.6 Å². The highest BCUT2D eigenvalue weighted by atomic mass is 19.1. The van der Waals surface area contributed by atoms with Crippen molar-refractivity contribution in [3.8, 4) is 0 Å². The van der Waals surface area contributed by atoms with Crippen LogP contribution in [0, 0.1) is 11.2 Å². The van der Waals surface area contributed by atoms with Gasteiger partial charge >= 0.3 is 0 Å². The standard InChI is InChI=1S/C15H22FN3O2/c1-4-21-13-7-12(15(13,2)3)19-11-5-8(14(18)20)10(17)6-9(11)16/h5-6,12-13,19H,4,7,17H2,1-3H3,(H2,18,20). The molecule has 0 aliphatic heterocycles. The van der Waals surface area contributed by atoms with Gasteiger partial charge in [-0.2, -0.15) is 0 Å².